The van der Waals surface area contributed by atoms with Crippen molar-refractivity contribution in [1.82, 2.24) is 9.97 Å². The Labute approximate surface area is 174 Å². The van der Waals surface area contributed by atoms with E-state index < -0.39 is 38.7 Å². The SMILES string of the molecule is O=C(c1c(F)ccc(NS(=O)(=O)c2ccccc2)c1F)c1c[nH]c2nccc(Cl)c12. The van der Waals surface area contributed by atoms with Crippen LogP contribution in [0.15, 0.2) is 65.8 Å². The number of benzene rings is 2. The number of aromatic nitrogens is 2. The smallest absolute Gasteiger partial charge is 0.261 e. The first-order valence-electron chi connectivity index (χ1n) is 8.52. The maximum absolute atomic E-state index is 15.1. The maximum Gasteiger partial charge on any atom is 0.261 e. The Morgan fingerprint density at radius 2 is 1.80 bits per heavy atom. The molecule has 0 spiro atoms. The molecule has 30 heavy (non-hydrogen) atoms. The van der Waals surface area contributed by atoms with Gasteiger partial charge in [-0.05, 0) is 30.3 Å². The van der Waals surface area contributed by atoms with E-state index in [1.54, 1.807) is 6.07 Å². The van der Waals surface area contributed by atoms with E-state index in [0.29, 0.717) is 0 Å². The van der Waals surface area contributed by atoms with Crippen LogP contribution in [0.4, 0.5) is 14.5 Å². The summed E-state index contributed by atoms with van der Waals surface area (Å²) in [7, 11) is -4.15. The summed E-state index contributed by atoms with van der Waals surface area (Å²) in [5, 5.41) is 0.379. The summed E-state index contributed by atoms with van der Waals surface area (Å²) in [6, 6.07) is 10.4. The number of nitrogens with zero attached hydrogens (tertiary/aromatic N) is 1. The van der Waals surface area contributed by atoms with Crippen LogP contribution in [0.25, 0.3) is 11.0 Å². The van der Waals surface area contributed by atoms with Crippen molar-refractivity contribution in [3.8, 4) is 0 Å². The van der Waals surface area contributed by atoms with Gasteiger partial charge in [-0.15, -0.1) is 0 Å². The number of ketones is 1. The standard InChI is InChI=1S/C20H12ClF2N3O3S/c21-13-8-9-24-20-16(13)12(10-25-20)19(27)17-14(22)6-7-15(18(17)23)26-30(28,29)11-4-2-1-3-5-11/h1-10,26H,(H,24,25). The number of rotatable bonds is 5. The topological polar surface area (TPSA) is 91.9 Å². The molecule has 0 aliphatic heterocycles. The molecule has 4 aromatic rings. The Morgan fingerprint density at radius 1 is 1.07 bits per heavy atom. The van der Waals surface area contributed by atoms with Gasteiger partial charge in [0, 0.05) is 17.8 Å². The van der Waals surface area contributed by atoms with Crippen molar-refractivity contribution < 1.29 is 22.0 Å². The number of H-pyrrole nitrogens is 1. The number of halogens is 3. The van der Waals surface area contributed by atoms with Crippen LogP contribution in [0.1, 0.15) is 15.9 Å². The molecule has 2 heterocycles. The number of fused-ring (bicyclic) bond motifs is 1. The van der Waals surface area contributed by atoms with Crippen LogP contribution in [0.2, 0.25) is 5.02 Å². The summed E-state index contributed by atoms with van der Waals surface area (Å²) in [6.45, 7) is 0. The Morgan fingerprint density at radius 3 is 2.53 bits per heavy atom. The van der Waals surface area contributed by atoms with E-state index >= 15 is 4.39 Å². The van der Waals surface area contributed by atoms with E-state index in [9.17, 15) is 17.6 Å². The number of hydrogen-bond donors (Lipinski definition) is 2. The molecule has 152 valence electrons. The number of carbonyl (C=O) groups is 1. The molecule has 0 aliphatic rings. The molecule has 0 unspecified atom stereocenters. The predicted octanol–water partition coefficient (Wildman–Crippen LogP) is 4.53. The number of pyridine rings is 1. The average Bonchev–Trinajstić information content (AvgIpc) is 3.16. The van der Waals surface area contributed by atoms with E-state index in [1.807, 2.05) is 0 Å². The number of hydrogen-bond acceptors (Lipinski definition) is 4. The number of nitrogens with one attached hydrogen (secondary N) is 2. The first kappa shape index (κ1) is 20.0. The normalized spacial score (nSPS) is 11.6. The third kappa shape index (κ3) is 3.42. The lowest BCUT2D eigenvalue weighted by atomic mass is 10.0. The zero-order chi connectivity index (χ0) is 21.5. The number of anilines is 1. The molecule has 2 aromatic heterocycles. The van der Waals surface area contributed by atoms with Gasteiger partial charge in [0.1, 0.15) is 11.5 Å². The lowest BCUT2D eigenvalue weighted by molar-refractivity contribution is 0.103. The van der Waals surface area contributed by atoms with Gasteiger partial charge < -0.3 is 4.98 Å². The van der Waals surface area contributed by atoms with Crippen molar-refractivity contribution >= 4 is 44.1 Å². The molecule has 10 heteroatoms. The van der Waals surface area contributed by atoms with Crippen molar-refractivity contribution in [2.45, 2.75) is 4.90 Å². The fourth-order valence-electron chi connectivity index (χ4n) is 2.97. The molecular weight excluding hydrogens is 436 g/mol. The molecule has 0 saturated carbocycles. The third-order valence-electron chi connectivity index (χ3n) is 4.38. The summed E-state index contributed by atoms with van der Waals surface area (Å²) in [6.07, 6.45) is 2.65. The second-order valence-electron chi connectivity index (χ2n) is 6.25. The number of aromatic amines is 1. The van der Waals surface area contributed by atoms with E-state index in [2.05, 4.69) is 14.7 Å². The van der Waals surface area contributed by atoms with Crippen LogP contribution in [-0.2, 0) is 10.0 Å². The molecule has 0 aliphatic carbocycles. The average molecular weight is 448 g/mol. The van der Waals surface area contributed by atoms with Gasteiger partial charge in [-0.3, -0.25) is 9.52 Å². The van der Waals surface area contributed by atoms with Gasteiger partial charge in [-0.2, -0.15) is 0 Å². The van der Waals surface area contributed by atoms with Crippen molar-refractivity contribution in [3.05, 3.63) is 88.7 Å². The second kappa shape index (κ2) is 7.51. The molecule has 2 N–H and O–H groups in total. The summed E-state index contributed by atoms with van der Waals surface area (Å²) < 4.78 is 56.5. The number of sulfonamides is 1. The molecule has 6 nitrogen and oxygen atoms in total. The van der Waals surface area contributed by atoms with Crippen LogP contribution in [0.3, 0.4) is 0 Å². The van der Waals surface area contributed by atoms with Gasteiger partial charge in [0.25, 0.3) is 10.0 Å². The predicted molar refractivity (Wildman–Crippen MR) is 108 cm³/mol. The molecule has 0 atom stereocenters. The second-order valence-corrected chi connectivity index (χ2v) is 8.34. The summed E-state index contributed by atoms with van der Waals surface area (Å²) >= 11 is 6.11. The molecular formula is C20H12ClF2N3O3S. The molecule has 0 radical (unpaired) electrons. The minimum absolute atomic E-state index is 0.0935. The molecule has 2 aromatic carbocycles. The largest absolute Gasteiger partial charge is 0.345 e. The Bertz CT molecular complexity index is 1390. The van der Waals surface area contributed by atoms with Gasteiger partial charge in [0.15, 0.2) is 5.82 Å². The van der Waals surface area contributed by atoms with Crippen molar-refractivity contribution in [1.29, 1.82) is 0 Å². The lowest BCUT2D eigenvalue weighted by Gasteiger charge is -2.12. The quantitative estimate of drug-likeness (QED) is 0.440. The Balaban J connectivity index is 1.79. The van der Waals surface area contributed by atoms with Gasteiger partial charge >= 0.3 is 0 Å². The van der Waals surface area contributed by atoms with Gasteiger partial charge in [0.2, 0.25) is 5.78 Å². The van der Waals surface area contributed by atoms with Gasteiger partial charge in [-0.25, -0.2) is 22.2 Å². The third-order valence-corrected chi connectivity index (χ3v) is 6.08. The fourth-order valence-corrected chi connectivity index (χ4v) is 4.30. The fraction of sp³-hybridized carbons (Fsp3) is 0. The first-order chi connectivity index (χ1) is 14.3. The van der Waals surface area contributed by atoms with E-state index in [-0.39, 0.29) is 26.5 Å². The van der Waals surface area contributed by atoms with Crippen LogP contribution in [-0.4, -0.2) is 24.2 Å². The monoisotopic (exact) mass is 447 g/mol. The van der Waals surface area contributed by atoms with Gasteiger partial charge in [-0.1, -0.05) is 29.8 Å². The molecule has 0 amide bonds. The van der Waals surface area contributed by atoms with E-state index in [0.717, 1.165) is 12.1 Å². The number of carbonyl (C=O) groups excluding carboxylic acids is 1. The highest BCUT2D eigenvalue weighted by molar-refractivity contribution is 7.92. The van der Waals surface area contributed by atoms with Crippen LogP contribution < -0.4 is 4.72 Å². The molecule has 0 fully saturated rings. The highest BCUT2D eigenvalue weighted by atomic mass is 35.5. The van der Waals surface area contributed by atoms with Crippen molar-refractivity contribution in [2.24, 2.45) is 0 Å². The van der Waals surface area contributed by atoms with Gasteiger partial charge in [0.05, 0.1) is 26.7 Å². The zero-order valence-electron chi connectivity index (χ0n) is 15.0. The molecule has 0 saturated heterocycles. The minimum Gasteiger partial charge on any atom is -0.345 e. The summed E-state index contributed by atoms with van der Waals surface area (Å²) in [5.41, 5.74) is -1.30. The maximum atomic E-state index is 15.1. The zero-order valence-corrected chi connectivity index (χ0v) is 16.6. The lowest BCUT2D eigenvalue weighted by Crippen LogP contribution is -2.16. The highest BCUT2D eigenvalue weighted by Gasteiger charge is 2.26. The summed E-state index contributed by atoms with van der Waals surface area (Å²) in [4.78, 5) is 19.6. The first-order valence-corrected chi connectivity index (χ1v) is 10.4. The molecule has 4 rings (SSSR count). The van der Waals surface area contributed by atoms with Crippen molar-refractivity contribution in [3.63, 3.8) is 0 Å². The van der Waals surface area contributed by atoms with E-state index in [4.69, 9.17) is 11.6 Å². The Hall–Kier alpha value is -3.30. The molecule has 0 bridgehead atoms. The van der Waals surface area contributed by atoms with Crippen LogP contribution in [0, 0.1) is 11.6 Å². The van der Waals surface area contributed by atoms with Crippen LogP contribution in [0.5, 0.6) is 0 Å². The van der Waals surface area contributed by atoms with E-state index in [1.165, 1.54) is 42.7 Å². The Kier molecular flexibility index (Phi) is 5.00. The van der Waals surface area contributed by atoms with Crippen molar-refractivity contribution in [2.75, 3.05) is 4.72 Å². The summed E-state index contributed by atoms with van der Waals surface area (Å²) in [5.74, 6) is -3.49. The highest BCUT2D eigenvalue weighted by Crippen LogP contribution is 2.30. The minimum atomic E-state index is -4.15. The van der Waals surface area contributed by atoms with Crippen LogP contribution >= 0.6 is 11.6 Å².